The molecule has 0 saturated carbocycles. The Morgan fingerprint density at radius 1 is 1.60 bits per heavy atom. The number of hydrogen-bond donors (Lipinski definition) is 2. The fourth-order valence-corrected chi connectivity index (χ4v) is 1.70. The Kier molecular flexibility index (Phi) is 4.45. The van der Waals surface area contributed by atoms with Gasteiger partial charge in [0.25, 0.3) is 0 Å². The van der Waals surface area contributed by atoms with Crippen LogP contribution in [0.2, 0.25) is 0 Å². The number of rotatable bonds is 4. The van der Waals surface area contributed by atoms with E-state index >= 15 is 0 Å². The van der Waals surface area contributed by atoms with Gasteiger partial charge in [0.05, 0.1) is 17.9 Å². The van der Waals surface area contributed by atoms with Crippen LogP contribution in [0, 0.1) is 0 Å². The minimum Gasteiger partial charge on any atom is -0.462 e. The molecule has 1 aromatic rings. The summed E-state index contributed by atoms with van der Waals surface area (Å²) in [6.45, 7) is 2.14. The summed E-state index contributed by atoms with van der Waals surface area (Å²) in [4.78, 5) is 12.4. The molecule has 5 heteroatoms. The molecule has 0 bridgehead atoms. The van der Waals surface area contributed by atoms with E-state index in [1.807, 2.05) is 12.3 Å². The first-order chi connectivity index (χ1) is 7.22. The number of thioether (sulfide) groups is 1. The van der Waals surface area contributed by atoms with Gasteiger partial charge in [0.2, 0.25) is 0 Å². The van der Waals surface area contributed by atoms with E-state index in [1.54, 1.807) is 30.8 Å². The van der Waals surface area contributed by atoms with E-state index in [1.165, 1.54) is 0 Å². The van der Waals surface area contributed by atoms with Gasteiger partial charge in [-0.05, 0) is 31.4 Å². The second kappa shape index (κ2) is 5.63. The Labute approximate surface area is 93.1 Å². The maximum absolute atomic E-state index is 11.4. The van der Waals surface area contributed by atoms with Gasteiger partial charge >= 0.3 is 5.97 Å². The van der Waals surface area contributed by atoms with Crippen LogP contribution >= 0.6 is 11.8 Å². The highest BCUT2D eigenvalue weighted by molar-refractivity contribution is 7.98. The molecule has 0 saturated heterocycles. The molecule has 0 fully saturated rings. The number of carbonyl (C=O) groups is 1. The third-order valence-corrected chi connectivity index (χ3v) is 2.66. The van der Waals surface area contributed by atoms with Crippen molar-refractivity contribution in [2.24, 2.45) is 5.84 Å². The first-order valence-electron chi connectivity index (χ1n) is 4.54. The van der Waals surface area contributed by atoms with Gasteiger partial charge in [-0.1, -0.05) is 0 Å². The van der Waals surface area contributed by atoms with E-state index in [0.717, 1.165) is 10.6 Å². The van der Waals surface area contributed by atoms with E-state index in [0.29, 0.717) is 12.2 Å². The lowest BCUT2D eigenvalue weighted by molar-refractivity contribution is 0.0526. The fraction of sp³-hybridized carbons (Fsp3) is 0.300. The van der Waals surface area contributed by atoms with Crippen LogP contribution in [0.15, 0.2) is 23.1 Å². The Bertz CT molecular complexity index is 355. The molecule has 0 aliphatic heterocycles. The van der Waals surface area contributed by atoms with E-state index < -0.39 is 0 Å². The van der Waals surface area contributed by atoms with Crippen LogP contribution in [0.3, 0.4) is 0 Å². The van der Waals surface area contributed by atoms with Crippen LogP contribution in [-0.4, -0.2) is 18.8 Å². The van der Waals surface area contributed by atoms with Crippen LogP contribution in [0.5, 0.6) is 0 Å². The van der Waals surface area contributed by atoms with E-state index in [9.17, 15) is 4.79 Å². The Morgan fingerprint density at radius 3 is 2.87 bits per heavy atom. The molecule has 0 unspecified atom stereocenters. The number of nitrogen functional groups attached to an aromatic ring is 1. The van der Waals surface area contributed by atoms with Crippen molar-refractivity contribution in [2.75, 3.05) is 18.3 Å². The number of benzene rings is 1. The number of anilines is 1. The summed E-state index contributed by atoms with van der Waals surface area (Å²) in [5, 5.41) is 0. The standard InChI is InChI=1S/C10H14N2O2S/c1-3-14-10(13)7-4-5-9(15-2)8(6-7)12-11/h4-6,12H,3,11H2,1-2H3. The summed E-state index contributed by atoms with van der Waals surface area (Å²) in [7, 11) is 0. The molecular weight excluding hydrogens is 212 g/mol. The Balaban J connectivity index is 2.97. The molecule has 82 valence electrons. The third-order valence-electron chi connectivity index (χ3n) is 1.87. The molecule has 0 radical (unpaired) electrons. The first kappa shape index (κ1) is 11.9. The van der Waals surface area contributed by atoms with Gasteiger partial charge in [-0.2, -0.15) is 0 Å². The van der Waals surface area contributed by atoms with Gasteiger partial charge in [0.1, 0.15) is 0 Å². The molecule has 0 aliphatic rings. The quantitative estimate of drug-likeness (QED) is 0.355. The molecule has 0 amide bonds. The monoisotopic (exact) mass is 226 g/mol. The molecular formula is C10H14N2O2S. The number of hydrazine groups is 1. The fourth-order valence-electron chi connectivity index (χ4n) is 1.16. The molecule has 3 N–H and O–H groups in total. The second-order valence-corrected chi connectivity index (χ2v) is 3.63. The Hall–Kier alpha value is -1.20. The van der Waals surface area contributed by atoms with Gasteiger partial charge in [0, 0.05) is 4.90 Å². The predicted octanol–water partition coefficient (Wildman–Crippen LogP) is 1.87. The van der Waals surface area contributed by atoms with Crippen molar-refractivity contribution in [2.45, 2.75) is 11.8 Å². The van der Waals surface area contributed by atoms with E-state index in [4.69, 9.17) is 10.6 Å². The number of nitrogens with one attached hydrogen (secondary N) is 1. The normalized spacial score (nSPS) is 9.80. The van der Waals surface area contributed by atoms with Crippen LogP contribution in [0.4, 0.5) is 5.69 Å². The van der Waals surface area contributed by atoms with Crippen molar-refractivity contribution in [3.63, 3.8) is 0 Å². The highest BCUT2D eigenvalue weighted by Gasteiger charge is 2.09. The number of carbonyl (C=O) groups excluding carboxylic acids is 1. The molecule has 0 atom stereocenters. The number of hydrogen-bond acceptors (Lipinski definition) is 5. The lowest BCUT2D eigenvalue weighted by atomic mass is 10.2. The van der Waals surface area contributed by atoms with Crippen molar-refractivity contribution < 1.29 is 9.53 Å². The van der Waals surface area contributed by atoms with Crippen LogP contribution in [0.1, 0.15) is 17.3 Å². The van der Waals surface area contributed by atoms with E-state index in [-0.39, 0.29) is 5.97 Å². The minimum absolute atomic E-state index is 0.332. The lowest BCUT2D eigenvalue weighted by Gasteiger charge is -2.08. The third kappa shape index (κ3) is 2.87. The minimum atomic E-state index is -0.332. The molecule has 1 aromatic carbocycles. The zero-order valence-corrected chi connectivity index (χ0v) is 9.56. The van der Waals surface area contributed by atoms with Gasteiger partial charge in [-0.25, -0.2) is 4.79 Å². The summed E-state index contributed by atoms with van der Waals surface area (Å²) in [5.74, 6) is 5.02. The van der Waals surface area contributed by atoms with Gasteiger partial charge in [0.15, 0.2) is 0 Å². The highest BCUT2D eigenvalue weighted by atomic mass is 32.2. The predicted molar refractivity (Wildman–Crippen MR) is 62.0 cm³/mol. The Morgan fingerprint density at radius 2 is 2.33 bits per heavy atom. The summed E-state index contributed by atoms with van der Waals surface area (Å²) in [6.07, 6.45) is 1.94. The van der Waals surface area contributed by atoms with Crippen molar-refractivity contribution in [1.29, 1.82) is 0 Å². The highest BCUT2D eigenvalue weighted by Crippen LogP contribution is 2.25. The molecule has 1 rings (SSSR count). The topological polar surface area (TPSA) is 64.3 Å². The van der Waals surface area contributed by atoms with E-state index in [2.05, 4.69) is 5.43 Å². The zero-order valence-electron chi connectivity index (χ0n) is 8.74. The van der Waals surface area contributed by atoms with Gasteiger partial charge in [-0.3, -0.25) is 5.84 Å². The summed E-state index contributed by atoms with van der Waals surface area (Å²) < 4.78 is 4.89. The molecule has 4 nitrogen and oxygen atoms in total. The molecule has 15 heavy (non-hydrogen) atoms. The van der Waals surface area contributed by atoms with Crippen LogP contribution in [0.25, 0.3) is 0 Å². The maximum atomic E-state index is 11.4. The molecule has 0 aliphatic carbocycles. The summed E-state index contributed by atoms with van der Waals surface area (Å²) in [5.41, 5.74) is 3.79. The summed E-state index contributed by atoms with van der Waals surface area (Å²) >= 11 is 1.56. The smallest absolute Gasteiger partial charge is 0.338 e. The van der Waals surface area contributed by atoms with Crippen LogP contribution in [-0.2, 0) is 4.74 Å². The largest absolute Gasteiger partial charge is 0.462 e. The van der Waals surface area contributed by atoms with Crippen molar-refractivity contribution in [1.82, 2.24) is 0 Å². The SMILES string of the molecule is CCOC(=O)c1ccc(SC)c(NN)c1. The van der Waals surface area contributed by atoms with Crippen molar-refractivity contribution in [3.05, 3.63) is 23.8 Å². The number of nitrogens with two attached hydrogens (primary N) is 1. The zero-order chi connectivity index (χ0) is 11.3. The second-order valence-electron chi connectivity index (χ2n) is 2.78. The van der Waals surface area contributed by atoms with Crippen LogP contribution < -0.4 is 11.3 Å². The summed E-state index contributed by atoms with van der Waals surface area (Å²) in [6, 6.07) is 5.25. The first-order valence-corrected chi connectivity index (χ1v) is 5.77. The number of ether oxygens (including phenoxy) is 1. The average Bonchev–Trinajstić information content (AvgIpc) is 2.28. The number of esters is 1. The molecule has 0 aromatic heterocycles. The van der Waals surface area contributed by atoms with Crippen molar-refractivity contribution in [3.8, 4) is 0 Å². The average molecular weight is 226 g/mol. The van der Waals surface area contributed by atoms with Crippen molar-refractivity contribution >= 4 is 23.4 Å². The van der Waals surface area contributed by atoms with Gasteiger partial charge in [-0.15, -0.1) is 11.8 Å². The lowest BCUT2D eigenvalue weighted by Crippen LogP contribution is -2.10. The molecule has 0 spiro atoms. The van der Waals surface area contributed by atoms with Gasteiger partial charge < -0.3 is 10.2 Å². The maximum Gasteiger partial charge on any atom is 0.338 e. The molecule has 0 heterocycles.